The summed E-state index contributed by atoms with van der Waals surface area (Å²) in [4.78, 5) is 2.49. The third-order valence-corrected chi connectivity index (χ3v) is 3.86. The smallest absolute Gasteiger partial charge is 0.248 e. The monoisotopic (exact) mass is 269 g/mol. The van der Waals surface area contributed by atoms with E-state index in [1.54, 1.807) is 0 Å². The van der Waals surface area contributed by atoms with Gasteiger partial charge in [0.25, 0.3) is 0 Å². The quantitative estimate of drug-likeness (QED) is 0.421. The molecule has 0 bridgehead atoms. The van der Waals surface area contributed by atoms with Gasteiger partial charge in [0.05, 0.1) is 13.2 Å². The van der Waals surface area contributed by atoms with E-state index in [0.29, 0.717) is 0 Å². The largest absolute Gasteiger partial charge is 0.342 e. The number of hydrogen-bond donors (Lipinski definition) is 0. The highest BCUT2D eigenvalue weighted by molar-refractivity contribution is 5.78. The molecule has 0 unspecified atom stereocenters. The first-order valence-electron chi connectivity index (χ1n) is 8.26. The van der Waals surface area contributed by atoms with E-state index in [0.717, 1.165) is 26.4 Å². The average Bonchev–Trinajstić information content (AvgIpc) is 2.81. The molecule has 19 heavy (non-hydrogen) atoms. The topological polar surface area (TPSA) is 15.5 Å². The SMILES string of the molecule is CCCCCCCOC[N+]1=C(CCC)N(CC)CC1. The number of unbranched alkanes of at least 4 members (excludes halogenated alkanes) is 4. The Hall–Kier alpha value is -0.570. The highest BCUT2D eigenvalue weighted by atomic mass is 16.5. The van der Waals surface area contributed by atoms with Crippen LogP contribution in [0.5, 0.6) is 0 Å². The maximum Gasteiger partial charge on any atom is 0.248 e. The Bertz CT molecular complexity index is 263. The Labute approximate surface area is 119 Å². The molecule has 0 N–H and O–H groups in total. The second kappa shape index (κ2) is 10.2. The molecule has 1 rings (SSSR count). The summed E-state index contributed by atoms with van der Waals surface area (Å²) in [6.07, 6.45) is 8.99. The molecule has 0 radical (unpaired) electrons. The first-order chi connectivity index (χ1) is 9.33. The molecule has 0 atom stereocenters. The van der Waals surface area contributed by atoms with E-state index in [9.17, 15) is 0 Å². The van der Waals surface area contributed by atoms with E-state index in [1.807, 2.05) is 0 Å². The predicted molar refractivity (Wildman–Crippen MR) is 81.9 cm³/mol. The lowest BCUT2D eigenvalue weighted by molar-refractivity contribution is -0.560. The molecule has 1 heterocycles. The van der Waals surface area contributed by atoms with Crippen molar-refractivity contribution in [3.63, 3.8) is 0 Å². The molecule has 3 nitrogen and oxygen atoms in total. The van der Waals surface area contributed by atoms with Crippen LogP contribution < -0.4 is 0 Å². The molecule has 3 heteroatoms. The minimum absolute atomic E-state index is 0.791. The summed E-state index contributed by atoms with van der Waals surface area (Å²) in [7, 11) is 0. The van der Waals surface area contributed by atoms with Crippen LogP contribution in [0.3, 0.4) is 0 Å². The van der Waals surface area contributed by atoms with Crippen LogP contribution in [0, 0.1) is 0 Å². The zero-order chi connectivity index (χ0) is 13.9. The maximum atomic E-state index is 5.85. The summed E-state index contributed by atoms with van der Waals surface area (Å²) in [6, 6.07) is 0. The molecular weight excluding hydrogens is 236 g/mol. The van der Waals surface area contributed by atoms with Gasteiger partial charge >= 0.3 is 0 Å². The zero-order valence-electron chi connectivity index (χ0n) is 13.3. The van der Waals surface area contributed by atoms with Crippen LogP contribution in [0.15, 0.2) is 0 Å². The van der Waals surface area contributed by atoms with Crippen molar-refractivity contribution in [3.05, 3.63) is 0 Å². The summed E-state index contributed by atoms with van der Waals surface area (Å²) < 4.78 is 8.28. The van der Waals surface area contributed by atoms with Crippen LogP contribution in [0.1, 0.15) is 65.7 Å². The Morgan fingerprint density at radius 1 is 1.05 bits per heavy atom. The van der Waals surface area contributed by atoms with E-state index in [-0.39, 0.29) is 0 Å². The summed E-state index contributed by atoms with van der Waals surface area (Å²) >= 11 is 0. The van der Waals surface area contributed by atoms with Gasteiger partial charge in [-0.05, 0) is 19.8 Å². The average molecular weight is 269 g/mol. The zero-order valence-corrected chi connectivity index (χ0v) is 13.3. The molecule has 0 aromatic heterocycles. The number of rotatable bonds is 11. The Morgan fingerprint density at radius 3 is 2.53 bits per heavy atom. The third-order valence-electron chi connectivity index (χ3n) is 3.86. The van der Waals surface area contributed by atoms with Gasteiger partial charge in [0.2, 0.25) is 5.84 Å². The van der Waals surface area contributed by atoms with Crippen molar-refractivity contribution in [2.45, 2.75) is 65.7 Å². The normalized spacial score (nSPS) is 15.6. The Morgan fingerprint density at radius 2 is 1.84 bits per heavy atom. The van der Waals surface area contributed by atoms with Crippen LogP contribution in [0.4, 0.5) is 0 Å². The standard InChI is InChI=1S/C16H33N2O/c1-4-7-8-9-10-14-19-15-18-13-12-17(6-3)16(18)11-5-2/h4-15H2,1-3H3/q+1. The lowest BCUT2D eigenvalue weighted by Crippen LogP contribution is -2.29. The summed E-state index contributed by atoms with van der Waals surface area (Å²) in [5.74, 6) is 1.50. The van der Waals surface area contributed by atoms with Gasteiger partial charge < -0.3 is 4.74 Å². The fourth-order valence-electron chi connectivity index (χ4n) is 2.70. The second-order valence-corrected chi connectivity index (χ2v) is 5.46. The van der Waals surface area contributed by atoms with E-state index in [2.05, 4.69) is 30.2 Å². The van der Waals surface area contributed by atoms with E-state index in [1.165, 1.54) is 57.3 Å². The van der Waals surface area contributed by atoms with Gasteiger partial charge in [-0.1, -0.05) is 39.5 Å². The van der Waals surface area contributed by atoms with Gasteiger partial charge in [-0.15, -0.1) is 0 Å². The summed E-state index contributed by atoms with van der Waals surface area (Å²) in [5, 5.41) is 0. The number of ether oxygens (including phenoxy) is 1. The van der Waals surface area contributed by atoms with Crippen molar-refractivity contribution >= 4 is 5.84 Å². The first kappa shape index (κ1) is 16.5. The van der Waals surface area contributed by atoms with Gasteiger partial charge in [-0.2, -0.15) is 0 Å². The van der Waals surface area contributed by atoms with Crippen LogP contribution in [0.25, 0.3) is 0 Å². The van der Waals surface area contributed by atoms with Gasteiger partial charge in [-0.25, -0.2) is 4.58 Å². The summed E-state index contributed by atoms with van der Waals surface area (Å²) in [6.45, 7) is 11.9. The fraction of sp³-hybridized carbons (Fsp3) is 0.938. The van der Waals surface area contributed by atoms with Crippen molar-refractivity contribution in [2.75, 3.05) is 33.0 Å². The van der Waals surface area contributed by atoms with Gasteiger partial charge in [0, 0.05) is 6.42 Å². The van der Waals surface area contributed by atoms with Gasteiger partial charge in [0.1, 0.15) is 13.1 Å². The molecule has 0 amide bonds. The third kappa shape index (κ3) is 5.94. The molecular formula is C16H33N2O+. The minimum atomic E-state index is 0.791. The summed E-state index contributed by atoms with van der Waals surface area (Å²) in [5.41, 5.74) is 0. The second-order valence-electron chi connectivity index (χ2n) is 5.46. The van der Waals surface area contributed by atoms with Crippen LogP contribution in [-0.2, 0) is 4.74 Å². The molecule has 0 aromatic carbocycles. The molecule has 0 aliphatic carbocycles. The first-order valence-corrected chi connectivity index (χ1v) is 8.26. The minimum Gasteiger partial charge on any atom is -0.342 e. The molecule has 1 aliphatic heterocycles. The van der Waals surface area contributed by atoms with Crippen molar-refractivity contribution in [3.8, 4) is 0 Å². The van der Waals surface area contributed by atoms with E-state index >= 15 is 0 Å². The molecule has 0 saturated heterocycles. The molecule has 1 aliphatic rings. The van der Waals surface area contributed by atoms with Crippen LogP contribution >= 0.6 is 0 Å². The number of amidine groups is 1. The van der Waals surface area contributed by atoms with E-state index < -0.39 is 0 Å². The fourth-order valence-corrected chi connectivity index (χ4v) is 2.70. The maximum absolute atomic E-state index is 5.85. The lowest BCUT2D eigenvalue weighted by atomic mass is 10.2. The number of hydrogen-bond acceptors (Lipinski definition) is 2. The number of nitrogens with zero attached hydrogens (tertiary/aromatic N) is 2. The highest BCUT2D eigenvalue weighted by Crippen LogP contribution is 2.07. The molecule has 0 saturated carbocycles. The lowest BCUT2D eigenvalue weighted by Gasteiger charge is -2.10. The van der Waals surface area contributed by atoms with Crippen molar-refractivity contribution in [2.24, 2.45) is 0 Å². The molecule has 0 aromatic rings. The van der Waals surface area contributed by atoms with Crippen LogP contribution in [-0.4, -0.2) is 48.3 Å². The highest BCUT2D eigenvalue weighted by Gasteiger charge is 2.27. The Balaban J connectivity index is 2.21. The molecule has 0 spiro atoms. The van der Waals surface area contributed by atoms with E-state index in [4.69, 9.17) is 4.74 Å². The van der Waals surface area contributed by atoms with Gasteiger partial charge in [0.15, 0.2) is 6.73 Å². The Kier molecular flexibility index (Phi) is 8.89. The van der Waals surface area contributed by atoms with Crippen molar-refractivity contribution in [1.29, 1.82) is 0 Å². The number of likely N-dealkylation sites (N-methyl/N-ethyl adjacent to an activating group) is 1. The van der Waals surface area contributed by atoms with Crippen LogP contribution in [0.2, 0.25) is 0 Å². The van der Waals surface area contributed by atoms with Gasteiger partial charge in [-0.3, -0.25) is 4.90 Å². The molecule has 112 valence electrons. The predicted octanol–water partition coefficient (Wildman–Crippen LogP) is 3.48. The van der Waals surface area contributed by atoms with Crippen molar-refractivity contribution in [1.82, 2.24) is 4.90 Å². The molecule has 0 fully saturated rings. The van der Waals surface area contributed by atoms with Crippen molar-refractivity contribution < 1.29 is 9.31 Å².